The summed E-state index contributed by atoms with van der Waals surface area (Å²) >= 11 is 3.22. The number of Topliss-reactive ketones (excluding diaryl/α,β-unsaturated/α-hetero) is 1. The van der Waals surface area contributed by atoms with Crippen LogP contribution in [0.5, 0.6) is 0 Å². The van der Waals surface area contributed by atoms with Gasteiger partial charge in [0, 0.05) is 0 Å². The van der Waals surface area contributed by atoms with Crippen molar-refractivity contribution in [3.05, 3.63) is 35.1 Å². The number of carbonyl (C=O) groups excluding carboxylic acids is 1. The molecule has 0 saturated carbocycles. The number of alkyl halides is 1. The van der Waals surface area contributed by atoms with Crippen molar-refractivity contribution in [2.45, 2.75) is 25.1 Å². The molecule has 14 heavy (non-hydrogen) atoms. The van der Waals surface area contributed by atoms with Gasteiger partial charge in [-0.2, -0.15) is 0 Å². The van der Waals surface area contributed by atoms with Gasteiger partial charge in [-0.05, 0) is 37.5 Å². The molecule has 1 aromatic rings. The van der Waals surface area contributed by atoms with Crippen LogP contribution in [0.4, 0.5) is 4.39 Å². The van der Waals surface area contributed by atoms with Gasteiger partial charge in [0.15, 0.2) is 0 Å². The number of aryl methyl sites for hydroxylation is 1. The fraction of sp³-hybridized carbons (Fsp3) is 0.364. The molecule has 0 saturated heterocycles. The average molecular weight is 259 g/mol. The van der Waals surface area contributed by atoms with E-state index in [2.05, 4.69) is 15.9 Å². The van der Waals surface area contributed by atoms with Gasteiger partial charge in [-0.15, -0.1) is 0 Å². The van der Waals surface area contributed by atoms with Crippen LogP contribution in [-0.2, 0) is 11.2 Å². The fourth-order valence-corrected chi connectivity index (χ4v) is 1.50. The minimum Gasteiger partial charge on any atom is -0.299 e. The maximum Gasteiger partial charge on any atom is 0.143 e. The lowest BCUT2D eigenvalue weighted by molar-refractivity contribution is -0.116. The van der Waals surface area contributed by atoms with Gasteiger partial charge in [-0.1, -0.05) is 28.1 Å². The Morgan fingerprint density at radius 3 is 2.71 bits per heavy atom. The number of benzene rings is 1. The predicted octanol–water partition coefficient (Wildman–Crippen LogP) is 3.03. The molecule has 0 aliphatic heterocycles. The van der Waals surface area contributed by atoms with Gasteiger partial charge in [0.25, 0.3) is 0 Å². The summed E-state index contributed by atoms with van der Waals surface area (Å²) in [5.41, 5.74) is 1.47. The summed E-state index contributed by atoms with van der Waals surface area (Å²) in [5.74, 6) is -0.222. The zero-order valence-corrected chi connectivity index (χ0v) is 9.77. The summed E-state index contributed by atoms with van der Waals surface area (Å²) < 4.78 is 13.3. The van der Waals surface area contributed by atoms with Crippen LogP contribution in [0.3, 0.4) is 0 Å². The quantitative estimate of drug-likeness (QED) is 0.762. The van der Waals surface area contributed by atoms with E-state index in [1.165, 1.54) is 13.0 Å². The third-order valence-electron chi connectivity index (χ3n) is 2.05. The van der Waals surface area contributed by atoms with E-state index < -0.39 is 0 Å². The second-order valence-corrected chi connectivity index (χ2v) is 4.48. The summed E-state index contributed by atoms with van der Waals surface area (Å²) in [4.78, 5) is 10.7. The lowest BCUT2D eigenvalue weighted by atomic mass is 10.1. The van der Waals surface area contributed by atoms with E-state index in [1.807, 2.05) is 13.0 Å². The average Bonchev–Trinajstić information content (AvgIpc) is 2.09. The second kappa shape index (κ2) is 4.69. The highest BCUT2D eigenvalue weighted by Gasteiger charge is 2.12. The van der Waals surface area contributed by atoms with Gasteiger partial charge < -0.3 is 0 Å². The Morgan fingerprint density at radius 1 is 1.57 bits per heavy atom. The number of hydrogen-bond acceptors (Lipinski definition) is 1. The van der Waals surface area contributed by atoms with E-state index in [9.17, 15) is 9.18 Å². The molecule has 0 amide bonds. The van der Waals surface area contributed by atoms with Crippen LogP contribution in [-0.4, -0.2) is 10.6 Å². The van der Waals surface area contributed by atoms with Crippen molar-refractivity contribution >= 4 is 21.7 Å². The van der Waals surface area contributed by atoms with Gasteiger partial charge in [-0.25, -0.2) is 4.39 Å². The Hall–Kier alpha value is -0.700. The van der Waals surface area contributed by atoms with Crippen molar-refractivity contribution in [2.75, 3.05) is 0 Å². The number of ketones is 1. The predicted molar refractivity (Wildman–Crippen MR) is 58.2 cm³/mol. The number of rotatable bonds is 3. The molecule has 76 valence electrons. The molecule has 0 aliphatic carbocycles. The molecular weight excluding hydrogens is 247 g/mol. The minimum atomic E-state index is -0.292. The van der Waals surface area contributed by atoms with E-state index in [1.54, 1.807) is 6.07 Å². The first kappa shape index (κ1) is 11.4. The highest BCUT2D eigenvalue weighted by atomic mass is 79.9. The van der Waals surface area contributed by atoms with Gasteiger partial charge >= 0.3 is 0 Å². The normalized spacial score (nSPS) is 12.6. The third-order valence-corrected chi connectivity index (χ3v) is 3.02. The number of hydrogen-bond donors (Lipinski definition) is 0. The molecule has 1 unspecified atom stereocenters. The first-order chi connectivity index (χ1) is 6.50. The molecule has 0 heterocycles. The van der Waals surface area contributed by atoms with Crippen LogP contribution in [0.15, 0.2) is 18.2 Å². The topological polar surface area (TPSA) is 17.1 Å². The van der Waals surface area contributed by atoms with Crippen LogP contribution in [0.2, 0.25) is 0 Å². The largest absolute Gasteiger partial charge is 0.299 e. The lowest BCUT2D eigenvalue weighted by Crippen LogP contribution is -2.13. The summed E-state index contributed by atoms with van der Waals surface area (Å²) in [7, 11) is 0. The van der Waals surface area contributed by atoms with E-state index in [0.29, 0.717) is 12.0 Å². The standard InChI is InChI=1S/C11H12BrFO/c1-7-3-4-9(11(13)5-7)6-10(12)8(2)14/h3-5,10H,6H2,1-2H3. The van der Waals surface area contributed by atoms with Gasteiger partial charge in [0.2, 0.25) is 0 Å². The Kier molecular flexibility index (Phi) is 3.81. The molecule has 0 bridgehead atoms. The molecular formula is C11H12BrFO. The second-order valence-electron chi connectivity index (χ2n) is 3.38. The molecule has 1 atom stereocenters. The molecule has 3 heteroatoms. The lowest BCUT2D eigenvalue weighted by Gasteiger charge is -2.07. The van der Waals surface area contributed by atoms with Crippen LogP contribution in [0.1, 0.15) is 18.1 Å². The Morgan fingerprint density at radius 2 is 2.21 bits per heavy atom. The first-order valence-electron chi connectivity index (χ1n) is 4.40. The van der Waals surface area contributed by atoms with Crippen molar-refractivity contribution in [3.8, 4) is 0 Å². The van der Waals surface area contributed by atoms with Gasteiger partial charge in [0.1, 0.15) is 11.6 Å². The molecule has 1 rings (SSSR count). The summed E-state index contributed by atoms with van der Waals surface area (Å²) in [6.45, 7) is 3.33. The van der Waals surface area contributed by atoms with E-state index in [4.69, 9.17) is 0 Å². The van der Waals surface area contributed by atoms with Crippen molar-refractivity contribution < 1.29 is 9.18 Å². The minimum absolute atomic E-state index is 0.0185. The Labute approximate surface area is 91.5 Å². The van der Waals surface area contributed by atoms with Crippen LogP contribution in [0.25, 0.3) is 0 Å². The molecule has 0 fully saturated rings. The SMILES string of the molecule is CC(=O)C(Br)Cc1ccc(C)cc1F. The molecule has 1 nitrogen and oxygen atoms in total. The van der Waals surface area contributed by atoms with E-state index in [-0.39, 0.29) is 16.4 Å². The first-order valence-corrected chi connectivity index (χ1v) is 5.32. The maximum absolute atomic E-state index is 13.3. The zero-order valence-electron chi connectivity index (χ0n) is 8.18. The monoisotopic (exact) mass is 258 g/mol. The third kappa shape index (κ3) is 2.91. The molecule has 0 radical (unpaired) electrons. The molecule has 0 aromatic heterocycles. The van der Waals surface area contributed by atoms with Crippen molar-refractivity contribution in [3.63, 3.8) is 0 Å². The molecule has 0 aliphatic rings. The zero-order chi connectivity index (χ0) is 10.7. The van der Waals surface area contributed by atoms with Crippen molar-refractivity contribution in [1.29, 1.82) is 0 Å². The van der Waals surface area contributed by atoms with E-state index in [0.717, 1.165) is 5.56 Å². The highest BCUT2D eigenvalue weighted by molar-refractivity contribution is 9.10. The van der Waals surface area contributed by atoms with Crippen LogP contribution in [0, 0.1) is 12.7 Å². The van der Waals surface area contributed by atoms with Crippen LogP contribution >= 0.6 is 15.9 Å². The Bertz CT molecular complexity index is 349. The highest BCUT2D eigenvalue weighted by Crippen LogP contribution is 2.15. The molecule has 0 spiro atoms. The summed E-state index contributed by atoms with van der Waals surface area (Å²) in [5, 5.41) is 0. The number of carbonyl (C=O) groups is 1. The fourth-order valence-electron chi connectivity index (χ4n) is 1.15. The van der Waals surface area contributed by atoms with Gasteiger partial charge in [0.05, 0.1) is 4.83 Å². The van der Waals surface area contributed by atoms with E-state index >= 15 is 0 Å². The van der Waals surface area contributed by atoms with Gasteiger partial charge in [-0.3, -0.25) is 4.79 Å². The maximum atomic E-state index is 13.3. The number of halogens is 2. The molecule has 0 N–H and O–H groups in total. The van der Waals surface area contributed by atoms with Crippen LogP contribution < -0.4 is 0 Å². The summed E-state index contributed by atoms with van der Waals surface area (Å²) in [6, 6.07) is 5.05. The smallest absolute Gasteiger partial charge is 0.143 e. The molecule has 1 aromatic carbocycles. The van der Waals surface area contributed by atoms with Crippen molar-refractivity contribution in [1.82, 2.24) is 0 Å². The Balaban J connectivity index is 2.82. The summed E-state index contributed by atoms with van der Waals surface area (Å²) in [6.07, 6.45) is 0.404. The van der Waals surface area contributed by atoms with Crippen molar-refractivity contribution in [2.24, 2.45) is 0 Å².